The van der Waals surface area contributed by atoms with Crippen molar-refractivity contribution < 1.29 is 23.8 Å². The number of esters is 1. The van der Waals surface area contributed by atoms with Gasteiger partial charge in [-0.3, -0.25) is 4.79 Å². The highest BCUT2D eigenvalue weighted by Crippen LogP contribution is 2.17. The number of ether oxygens (including phenoxy) is 3. The number of hydrogen-bond donors (Lipinski definition) is 1. The van der Waals surface area contributed by atoms with E-state index in [1.807, 2.05) is 31.2 Å². The number of amides is 1. The Bertz CT molecular complexity index is 757. The molecule has 1 atom stereocenters. The van der Waals surface area contributed by atoms with E-state index in [0.29, 0.717) is 23.7 Å². The molecule has 6 heteroatoms. The van der Waals surface area contributed by atoms with E-state index in [4.69, 9.17) is 14.2 Å². The maximum absolute atomic E-state index is 12.2. The lowest BCUT2D eigenvalue weighted by Gasteiger charge is -2.15. The Kier molecular flexibility index (Phi) is 7.67. The van der Waals surface area contributed by atoms with Gasteiger partial charge in [-0.25, -0.2) is 4.79 Å². The van der Waals surface area contributed by atoms with Gasteiger partial charge in [-0.15, -0.1) is 0 Å². The number of carbonyl (C=O) groups is 2. The van der Waals surface area contributed by atoms with Gasteiger partial charge in [0, 0.05) is 12.1 Å². The van der Waals surface area contributed by atoms with Crippen molar-refractivity contribution in [1.29, 1.82) is 0 Å². The molecule has 1 N–H and O–H groups in total. The normalized spacial score (nSPS) is 11.4. The van der Waals surface area contributed by atoms with Crippen LogP contribution < -0.4 is 14.8 Å². The van der Waals surface area contributed by atoms with Gasteiger partial charge < -0.3 is 19.5 Å². The molecule has 0 spiro atoms. The molecule has 0 fully saturated rings. The van der Waals surface area contributed by atoms with Crippen LogP contribution in [0.2, 0.25) is 0 Å². The molecule has 2 aromatic rings. The molecule has 1 amide bonds. The second-order valence-corrected chi connectivity index (χ2v) is 5.95. The molecular formula is C21H25NO5. The lowest BCUT2D eigenvalue weighted by atomic mass is 10.2. The Hall–Kier alpha value is -3.02. The Labute approximate surface area is 159 Å². The zero-order valence-electron chi connectivity index (χ0n) is 15.9. The minimum atomic E-state index is -0.914. The van der Waals surface area contributed by atoms with Gasteiger partial charge in [-0.1, -0.05) is 25.1 Å². The maximum atomic E-state index is 12.2. The van der Waals surface area contributed by atoms with Crippen molar-refractivity contribution in [2.75, 3.05) is 13.7 Å². The first-order chi connectivity index (χ1) is 13.0. The molecule has 0 heterocycles. The lowest BCUT2D eigenvalue weighted by Crippen LogP contribution is -2.35. The minimum absolute atomic E-state index is 0.286. The summed E-state index contributed by atoms with van der Waals surface area (Å²) >= 11 is 0. The Morgan fingerprint density at radius 1 is 1.07 bits per heavy atom. The van der Waals surface area contributed by atoms with Crippen LogP contribution in [0.1, 0.15) is 36.2 Å². The van der Waals surface area contributed by atoms with E-state index in [9.17, 15) is 9.59 Å². The Balaban J connectivity index is 1.86. The molecule has 0 unspecified atom stereocenters. The number of carbonyl (C=O) groups excluding carboxylic acids is 2. The van der Waals surface area contributed by atoms with Crippen LogP contribution in [0.5, 0.6) is 11.5 Å². The SMILES string of the molecule is CCCOc1ccc(C(=O)O[C@@H](C)C(=O)NCc2ccccc2OC)cc1. The van der Waals surface area contributed by atoms with Gasteiger partial charge in [0.15, 0.2) is 6.10 Å². The summed E-state index contributed by atoms with van der Waals surface area (Å²) in [5, 5.41) is 2.75. The highest BCUT2D eigenvalue weighted by atomic mass is 16.5. The van der Waals surface area contributed by atoms with Crippen LogP contribution in [0.3, 0.4) is 0 Å². The molecule has 27 heavy (non-hydrogen) atoms. The fourth-order valence-corrected chi connectivity index (χ4v) is 2.36. The second kappa shape index (κ2) is 10.2. The van der Waals surface area contributed by atoms with E-state index in [0.717, 1.165) is 12.0 Å². The number of para-hydroxylation sites is 1. The molecule has 144 valence electrons. The fraction of sp³-hybridized carbons (Fsp3) is 0.333. The molecule has 0 bridgehead atoms. The second-order valence-electron chi connectivity index (χ2n) is 5.95. The number of nitrogens with one attached hydrogen (secondary N) is 1. The number of rotatable bonds is 9. The molecule has 6 nitrogen and oxygen atoms in total. The molecule has 2 aromatic carbocycles. The van der Waals surface area contributed by atoms with Gasteiger partial charge in [0.05, 0.1) is 19.3 Å². The molecule has 0 aliphatic rings. The zero-order valence-corrected chi connectivity index (χ0v) is 15.9. The molecule has 0 radical (unpaired) electrons. The number of benzene rings is 2. The molecule has 0 aliphatic heterocycles. The third kappa shape index (κ3) is 6.02. The van der Waals surface area contributed by atoms with E-state index in [-0.39, 0.29) is 12.5 Å². The summed E-state index contributed by atoms with van der Waals surface area (Å²) in [6, 6.07) is 14.0. The van der Waals surface area contributed by atoms with Crippen LogP contribution in [-0.4, -0.2) is 31.7 Å². The van der Waals surface area contributed by atoms with Gasteiger partial charge >= 0.3 is 5.97 Å². The van der Waals surface area contributed by atoms with Crippen molar-refractivity contribution in [3.8, 4) is 11.5 Å². The fourth-order valence-electron chi connectivity index (χ4n) is 2.36. The van der Waals surface area contributed by atoms with Gasteiger partial charge in [0.1, 0.15) is 11.5 Å². The van der Waals surface area contributed by atoms with Crippen LogP contribution >= 0.6 is 0 Å². The smallest absolute Gasteiger partial charge is 0.338 e. The molecule has 0 saturated heterocycles. The van der Waals surface area contributed by atoms with Crippen molar-refractivity contribution in [1.82, 2.24) is 5.32 Å². The van der Waals surface area contributed by atoms with Crippen molar-refractivity contribution in [2.45, 2.75) is 32.9 Å². The molecular weight excluding hydrogens is 346 g/mol. The van der Waals surface area contributed by atoms with Crippen LogP contribution in [-0.2, 0) is 16.1 Å². The Morgan fingerprint density at radius 3 is 2.44 bits per heavy atom. The van der Waals surface area contributed by atoms with Crippen LogP contribution in [0, 0.1) is 0 Å². The molecule has 0 saturated carbocycles. The third-order valence-corrected chi connectivity index (χ3v) is 3.86. The molecule has 0 aromatic heterocycles. The summed E-state index contributed by atoms with van der Waals surface area (Å²) in [6.07, 6.45) is -0.00567. The maximum Gasteiger partial charge on any atom is 0.338 e. The van der Waals surface area contributed by atoms with Crippen LogP contribution in [0.4, 0.5) is 0 Å². The topological polar surface area (TPSA) is 73.9 Å². The van der Waals surface area contributed by atoms with E-state index < -0.39 is 12.1 Å². The first-order valence-electron chi connectivity index (χ1n) is 8.88. The van der Waals surface area contributed by atoms with Crippen molar-refractivity contribution in [3.05, 3.63) is 59.7 Å². The van der Waals surface area contributed by atoms with Crippen LogP contribution in [0.15, 0.2) is 48.5 Å². The highest BCUT2D eigenvalue weighted by Gasteiger charge is 2.19. The van der Waals surface area contributed by atoms with Crippen molar-refractivity contribution >= 4 is 11.9 Å². The van der Waals surface area contributed by atoms with Gasteiger partial charge in [0.25, 0.3) is 5.91 Å². The number of hydrogen-bond acceptors (Lipinski definition) is 5. The largest absolute Gasteiger partial charge is 0.496 e. The quantitative estimate of drug-likeness (QED) is 0.685. The summed E-state index contributed by atoms with van der Waals surface area (Å²) in [4.78, 5) is 24.4. The van der Waals surface area contributed by atoms with E-state index in [1.165, 1.54) is 6.92 Å². The summed E-state index contributed by atoms with van der Waals surface area (Å²) in [5.74, 6) is 0.443. The average molecular weight is 371 g/mol. The van der Waals surface area contributed by atoms with Crippen LogP contribution in [0.25, 0.3) is 0 Å². The zero-order chi connectivity index (χ0) is 19.6. The third-order valence-electron chi connectivity index (χ3n) is 3.86. The van der Waals surface area contributed by atoms with E-state index in [1.54, 1.807) is 31.4 Å². The molecule has 0 aliphatic carbocycles. The minimum Gasteiger partial charge on any atom is -0.496 e. The average Bonchev–Trinajstić information content (AvgIpc) is 2.70. The van der Waals surface area contributed by atoms with E-state index in [2.05, 4.69) is 5.32 Å². The predicted octanol–water partition coefficient (Wildman–Crippen LogP) is 3.35. The summed E-state index contributed by atoms with van der Waals surface area (Å²) in [7, 11) is 1.57. The van der Waals surface area contributed by atoms with Crippen molar-refractivity contribution in [2.24, 2.45) is 0 Å². The lowest BCUT2D eigenvalue weighted by molar-refractivity contribution is -0.129. The first-order valence-corrected chi connectivity index (χ1v) is 8.88. The molecule has 2 rings (SSSR count). The first kappa shape index (κ1) is 20.3. The van der Waals surface area contributed by atoms with Gasteiger partial charge in [-0.2, -0.15) is 0 Å². The van der Waals surface area contributed by atoms with Crippen molar-refractivity contribution in [3.63, 3.8) is 0 Å². The van der Waals surface area contributed by atoms with Gasteiger partial charge in [0.2, 0.25) is 0 Å². The van der Waals surface area contributed by atoms with E-state index >= 15 is 0 Å². The Morgan fingerprint density at radius 2 is 1.78 bits per heavy atom. The monoisotopic (exact) mass is 371 g/mol. The summed E-state index contributed by atoms with van der Waals surface area (Å²) in [6.45, 7) is 4.46. The summed E-state index contributed by atoms with van der Waals surface area (Å²) in [5.41, 5.74) is 1.21. The van der Waals surface area contributed by atoms with Gasteiger partial charge in [-0.05, 0) is 43.7 Å². The number of methoxy groups -OCH3 is 1. The summed E-state index contributed by atoms with van der Waals surface area (Å²) < 4.78 is 16.0. The predicted molar refractivity (Wildman–Crippen MR) is 102 cm³/mol. The standard InChI is InChI=1S/C21H25NO5/c1-4-13-26-18-11-9-16(10-12-18)21(24)27-15(2)20(23)22-14-17-7-5-6-8-19(17)25-3/h5-12,15H,4,13-14H2,1-3H3,(H,22,23)/t15-/m0/s1. The highest BCUT2D eigenvalue weighted by molar-refractivity contribution is 5.92.